The van der Waals surface area contributed by atoms with Gasteiger partial charge in [-0.2, -0.15) is 0 Å². The number of likely N-dealkylation sites (tertiary alicyclic amines) is 1. The predicted molar refractivity (Wildman–Crippen MR) is 112 cm³/mol. The Kier molecular flexibility index (Phi) is 13.8. The number of nitrogens with one attached hydrogen (secondary N) is 1. The van der Waals surface area contributed by atoms with Gasteiger partial charge < -0.3 is 19.1 Å². The number of halogens is 1. The van der Waals surface area contributed by atoms with E-state index in [-0.39, 0.29) is 12.5 Å². The second-order valence-corrected chi connectivity index (χ2v) is 8.50. The molecular weight excluding hydrogens is 455 g/mol. The van der Waals surface area contributed by atoms with Gasteiger partial charge in [-0.1, -0.05) is 20.3 Å². The molecule has 0 saturated carbocycles. The highest BCUT2D eigenvalue weighted by atomic mass is 127. The lowest BCUT2D eigenvalue weighted by atomic mass is 9.94. The Morgan fingerprint density at radius 3 is 2.28 bits per heavy atom. The average molecular weight is 488 g/mol. The minimum absolute atomic E-state index is 0.00579. The van der Waals surface area contributed by atoms with Gasteiger partial charge in [-0.3, -0.25) is 4.79 Å². The Hall–Kier alpha value is -0.220. The molecule has 1 saturated heterocycles. The lowest BCUT2D eigenvalue weighted by molar-refractivity contribution is -0.131. The number of nitrogens with zero attached hydrogens (tertiary/aromatic N) is 1. The van der Waals surface area contributed by atoms with Crippen molar-refractivity contribution in [3.8, 4) is 0 Å². The van der Waals surface area contributed by atoms with Gasteiger partial charge in [-0.15, -0.1) is 0 Å². The maximum Gasteiger partial charge on any atom is 0.408 e. The van der Waals surface area contributed by atoms with Crippen LogP contribution in [0.25, 0.3) is 0 Å². The quantitative estimate of drug-likeness (QED) is 0.337. The van der Waals surface area contributed by atoms with Crippen LogP contribution in [0.3, 0.4) is 0 Å². The summed E-state index contributed by atoms with van der Waals surface area (Å²) in [6.45, 7) is 11.9. The summed E-state index contributed by atoms with van der Waals surface area (Å²) in [5.74, 6) is 0.565. The summed E-state index contributed by atoms with van der Waals surface area (Å²) in [6, 6.07) is 0. The minimum atomic E-state index is -0.552. The maximum absolute atomic E-state index is 12.1. The van der Waals surface area contributed by atoms with E-state index in [1.807, 2.05) is 4.90 Å². The van der Waals surface area contributed by atoms with Gasteiger partial charge in [0, 0.05) is 34.3 Å². The van der Waals surface area contributed by atoms with Crippen molar-refractivity contribution in [1.29, 1.82) is 0 Å². The van der Waals surface area contributed by atoms with Crippen molar-refractivity contribution in [3.05, 3.63) is 0 Å². The molecule has 0 unspecified atom stereocenters. The molecule has 0 aliphatic carbocycles. The van der Waals surface area contributed by atoms with Crippen LogP contribution >= 0.6 is 30.4 Å². The summed E-state index contributed by atoms with van der Waals surface area (Å²) in [5, 5.41) is 2.51. The van der Waals surface area contributed by atoms with Gasteiger partial charge in [0.15, 0.2) is 0 Å². The van der Waals surface area contributed by atoms with E-state index < -0.39 is 11.7 Å². The number of carbonyl (C=O) groups excluding carboxylic acids is 2. The number of hydrogen-bond donors (Lipinski definition) is 1. The second kappa shape index (κ2) is 13.9. The van der Waals surface area contributed by atoms with Gasteiger partial charge in [-0.05, 0) is 46.0 Å². The second-order valence-electron chi connectivity index (χ2n) is 7.06. The van der Waals surface area contributed by atoms with Crippen LogP contribution in [0.1, 0.15) is 60.3 Å². The van der Waals surface area contributed by atoms with Crippen LogP contribution in [0.4, 0.5) is 4.79 Å². The summed E-state index contributed by atoms with van der Waals surface area (Å²) in [7, 11) is 1.36. The van der Waals surface area contributed by atoms with E-state index in [4.69, 9.17) is 8.92 Å². The van der Waals surface area contributed by atoms with Gasteiger partial charge >= 0.3 is 6.09 Å². The smallest absolute Gasteiger partial charge is 0.408 e. The molecule has 0 atom stereocenters. The van der Waals surface area contributed by atoms with Gasteiger partial charge in [0.05, 0.1) is 15.8 Å². The Labute approximate surface area is 168 Å². The van der Waals surface area contributed by atoms with Gasteiger partial charge in [0.25, 0.3) is 0 Å². The third-order valence-electron chi connectivity index (χ3n) is 3.40. The van der Waals surface area contributed by atoms with Crippen molar-refractivity contribution >= 4 is 42.4 Å². The van der Waals surface area contributed by atoms with Crippen LogP contribution in [0.2, 0.25) is 0 Å². The highest BCUT2D eigenvalue weighted by molar-refractivity contribution is 14.2. The Morgan fingerprint density at radius 1 is 1.24 bits per heavy atom. The van der Waals surface area contributed by atoms with Crippen LogP contribution in [-0.2, 0) is 13.7 Å². The van der Waals surface area contributed by atoms with E-state index in [1.54, 1.807) is 20.8 Å². The number of ether oxygens (including phenoxy) is 1. The third-order valence-corrected chi connectivity index (χ3v) is 4.42. The molecule has 1 N–H and O–H groups in total. The number of amides is 2. The Balaban J connectivity index is 0.00000178. The van der Waals surface area contributed by atoms with Crippen LogP contribution in [0.5, 0.6) is 0 Å². The highest BCUT2D eigenvalue weighted by Crippen LogP contribution is 2.22. The molecular formula is C17H33IN2O4S. The van der Waals surface area contributed by atoms with E-state index >= 15 is 0 Å². The van der Waals surface area contributed by atoms with E-state index in [0.717, 1.165) is 39.0 Å². The summed E-state index contributed by atoms with van der Waals surface area (Å²) < 4.78 is 10.4. The zero-order valence-corrected chi connectivity index (χ0v) is 19.1. The molecule has 0 radical (unpaired) electrons. The topological polar surface area (TPSA) is 67.9 Å². The first-order chi connectivity index (χ1) is 11.7. The van der Waals surface area contributed by atoms with Crippen molar-refractivity contribution in [1.82, 2.24) is 10.2 Å². The van der Waals surface area contributed by atoms with Crippen LogP contribution in [-0.4, -0.2) is 48.7 Å². The zero-order chi connectivity index (χ0) is 19.3. The van der Waals surface area contributed by atoms with Crippen molar-refractivity contribution in [2.45, 2.75) is 65.9 Å². The van der Waals surface area contributed by atoms with Crippen LogP contribution < -0.4 is 5.32 Å². The molecule has 0 bridgehead atoms. The van der Waals surface area contributed by atoms with Crippen molar-refractivity contribution in [3.63, 3.8) is 0 Å². The molecule has 1 aliphatic heterocycles. The fourth-order valence-corrected chi connectivity index (χ4v) is 2.99. The molecule has 1 rings (SSSR count). The molecule has 8 heteroatoms. The largest absolute Gasteiger partial charge is 0.444 e. The molecule has 0 aromatic heterocycles. The lowest BCUT2D eigenvalue weighted by Gasteiger charge is -2.32. The SMILES string of the molecule is CC(C)(C)OC(=O)NCC(=O)N1CCC(CCOSI)CC1.CCC. The molecule has 0 aromatic rings. The standard InChI is InChI=1S/C14H25IN2O4S.C3H8/c1-14(2,3)21-13(19)16-10-12(18)17-7-4-11(5-8-17)6-9-20-22-15;1-3-2/h11H,4-10H2,1-3H3,(H,16,19);3H2,1-2H3. The lowest BCUT2D eigenvalue weighted by Crippen LogP contribution is -2.45. The number of rotatable bonds is 6. The van der Waals surface area contributed by atoms with Crippen LogP contribution in [0.15, 0.2) is 0 Å². The fourth-order valence-electron chi connectivity index (χ4n) is 2.29. The Bertz CT molecular complexity index is 383. The first-order valence-electron chi connectivity index (χ1n) is 8.88. The molecule has 0 aromatic carbocycles. The number of alkyl carbamates (subject to hydrolysis) is 1. The molecule has 0 spiro atoms. The fraction of sp³-hybridized carbons (Fsp3) is 0.882. The van der Waals surface area contributed by atoms with Gasteiger partial charge in [0.2, 0.25) is 5.91 Å². The molecule has 1 fully saturated rings. The molecule has 6 nitrogen and oxygen atoms in total. The summed E-state index contributed by atoms with van der Waals surface area (Å²) in [6.07, 6.45) is 3.72. The molecule has 1 heterocycles. The predicted octanol–water partition coefficient (Wildman–Crippen LogP) is 4.57. The van der Waals surface area contributed by atoms with E-state index in [2.05, 4.69) is 40.4 Å². The van der Waals surface area contributed by atoms with Crippen molar-refractivity contribution < 1.29 is 18.5 Å². The van der Waals surface area contributed by atoms with E-state index in [9.17, 15) is 9.59 Å². The summed E-state index contributed by atoms with van der Waals surface area (Å²) in [4.78, 5) is 25.4. The Morgan fingerprint density at radius 2 is 1.80 bits per heavy atom. The van der Waals surface area contributed by atoms with Crippen LogP contribution in [0, 0.1) is 5.92 Å². The number of piperidine rings is 1. The molecule has 148 valence electrons. The van der Waals surface area contributed by atoms with E-state index in [1.165, 1.54) is 15.6 Å². The zero-order valence-electron chi connectivity index (χ0n) is 16.1. The number of carbonyl (C=O) groups is 2. The monoisotopic (exact) mass is 488 g/mol. The van der Waals surface area contributed by atoms with Crippen molar-refractivity contribution in [2.75, 3.05) is 26.2 Å². The summed E-state index contributed by atoms with van der Waals surface area (Å²) in [5.41, 5.74) is -0.552. The summed E-state index contributed by atoms with van der Waals surface area (Å²) >= 11 is 2.11. The molecule has 25 heavy (non-hydrogen) atoms. The minimum Gasteiger partial charge on any atom is -0.444 e. The number of hydrogen-bond acceptors (Lipinski definition) is 5. The van der Waals surface area contributed by atoms with Crippen molar-refractivity contribution in [2.24, 2.45) is 5.92 Å². The highest BCUT2D eigenvalue weighted by Gasteiger charge is 2.23. The first kappa shape index (κ1) is 24.8. The first-order valence-corrected chi connectivity index (χ1v) is 12.2. The average Bonchev–Trinajstić information content (AvgIpc) is 2.53. The molecule has 1 aliphatic rings. The molecule has 2 amide bonds. The third kappa shape index (κ3) is 13.6. The normalized spacial score (nSPS) is 15.2. The van der Waals surface area contributed by atoms with Gasteiger partial charge in [0.1, 0.15) is 12.1 Å². The van der Waals surface area contributed by atoms with Gasteiger partial charge in [-0.25, -0.2) is 4.79 Å². The maximum atomic E-state index is 12.1. The van der Waals surface area contributed by atoms with E-state index in [0.29, 0.717) is 5.92 Å².